The Kier molecular flexibility index (Phi) is 10.4. The summed E-state index contributed by atoms with van der Waals surface area (Å²) in [5, 5.41) is 0.541. The highest BCUT2D eigenvalue weighted by atomic mass is 31.1. The third-order valence-electron chi connectivity index (χ3n) is 9.81. The second-order valence-corrected chi connectivity index (χ2v) is 13.5. The summed E-state index contributed by atoms with van der Waals surface area (Å²) in [6.45, 7) is 0.0403. The van der Waals surface area contributed by atoms with Gasteiger partial charge in [-0.1, -0.05) is 54.6 Å². The maximum absolute atomic E-state index is 14.0. The molecule has 2 aliphatic heterocycles. The fraction of sp³-hybridized carbons (Fsp3) is 0.220. The van der Waals surface area contributed by atoms with Crippen molar-refractivity contribution in [2.75, 3.05) is 40.5 Å². The van der Waals surface area contributed by atoms with Gasteiger partial charge in [-0.3, -0.25) is 29.0 Å². The number of imide groups is 2. The normalized spacial score (nSPS) is 14.2. The van der Waals surface area contributed by atoms with E-state index in [1.54, 1.807) is 14.2 Å². The number of benzene rings is 5. The van der Waals surface area contributed by atoms with E-state index < -0.39 is 37.5 Å². The molecule has 54 heavy (non-hydrogen) atoms. The summed E-state index contributed by atoms with van der Waals surface area (Å²) < 4.78 is 33.3. The third kappa shape index (κ3) is 6.43. The smallest absolute Gasteiger partial charge is 0.497 e. The first-order valence-corrected chi connectivity index (χ1v) is 18.4. The van der Waals surface area contributed by atoms with E-state index in [1.165, 1.54) is 29.2 Å². The van der Waals surface area contributed by atoms with Crippen molar-refractivity contribution in [3.63, 3.8) is 0 Å². The van der Waals surface area contributed by atoms with Crippen molar-refractivity contribution in [3.8, 4) is 11.5 Å². The molecule has 0 aliphatic carbocycles. The van der Waals surface area contributed by atoms with Gasteiger partial charge in [0.15, 0.2) is 0 Å². The molecule has 0 saturated carbocycles. The van der Waals surface area contributed by atoms with Gasteiger partial charge in [0.25, 0.3) is 23.6 Å². The standard InChI is InChI=1S/C41H35N2O10P/c1-50-29-14-10-27(11-15-29)41(26-8-4-3-5-9-26,28-12-16-30(51-2)17-13-28)52-24-6-22-42-37(44)31-18-20-33-36-34(21-19-32(35(31)36)38(42)45)40(47)43(39(33)46)23-7-25-53-54(48)49/h3-5,8-21H,6-7,22-25H2,1-2H3/p+1. The summed E-state index contributed by atoms with van der Waals surface area (Å²) in [5.41, 5.74) is 2.30. The highest BCUT2D eigenvalue weighted by Gasteiger charge is 2.41. The third-order valence-corrected chi connectivity index (χ3v) is 10.2. The average Bonchev–Trinajstić information content (AvgIpc) is 3.20. The van der Waals surface area contributed by atoms with E-state index in [1.807, 2.05) is 78.9 Å². The van der Waals surface area contributed by atoms with E-state index in [4.69, 9.17) is 19.1 Å². The quantitative estimate of drug-likeness (QED) is 0.0544. The van der Waals surface area contributed by atoms with Gasteiger partial charge in [0, 0.05) is 50.7 Å². The van der Waals surface area contributed by atoms with E-state index in [0.29, 0.717) is 17.9 Å². The van der Waals surface area contributed by atoms with Crippen LogP contribution in [-0.4, -0.2) is 78.8 Å². The van der Waals surface area contributed by atoms with Gasteiger partial charge in [0.2, 0.25) is 0 Å². The van der Waals surface area contributed by atoms with Gasteiger partial charge in [-0.25, -0.2) is 0 Å². The van der Waals surface area contributed by atoms with Crippen molar-refractivity contribution in [2.24, 2.45) is 0 Å². The van der Waals surface area contributed by atoms with E-state index >= 15 is 0 Å². The molecule has 0 bridgehead atoms. The molecule has 1 unspecified atom stereocenters. The second-order valence-electron chi connectivity index (χ2n) is 12.7. The van der Waals surface area contributed by atoms with Gasteiger partial charge < -0.3 is 14.2 Å². The van der Waals surface area contributed by atoms with Crippen LogP contribution in [0.4, 0.5) is 0 Å². The lowest BCUT2D eigenvalue weighted by molar-refractivity contribution is 0.00840. The SMILES string of the molecule is COc1ccc(C(OCCCN2C(=O)c3ccc4c5c(ccc(c35)C2=O)C(=O)N(CCCO[P+](=O)O)C4=O)(c2ccccc2)c2ccc(OC)cc2)cc1. The molecule has 0 saturated heterocycles. The summed E-state index contributed by atoms with van der Waals surface area (Å²) in [4.78, 5) is 66.0. The molecule has 1 N–H and O–H groups in total. The fourth-order valence-electron chi connectivity index (χ4n) is 7.27. The molecule has 12 nitrogen and oxygen atoms in total. The van der Waals surface area contributed by atoms with Gasteiger partial charge >= 0.3 is 8.25 Å². The van der Waals surface area contributed by atoms with Gasteiger partial charge in [-0.05, 0) is 78.1 Å². The number of ether oxygens (including phenoxy) is 3. The number of carbonyl (C=O) groups is 4. The van der Waals surface area contributed by atoms with Crippen LogP contribution in [0, 0.1) is 0 Å². The molecule has 0 spiro atoms. The Bertz CT molecular complexity index is 2160. The zero-order valence-corrected chi connectivity index (χ0v) is 30.4. The molecule has 1 atom stereocenters. The van der Waals surface area contributed by atoms with Gasteiger partial charge in [-0.15, -0.1) is 9.42 Å². The van der Waals surface area contributed by atoms with Crippen molar-refractivity contribution in [1.29, 1.82) is 0 Å². The van der Waals surface area contributed by atoms with Crippen molar-refractivity contribution < 1.29 is 47.4 Å². The van der Waals surface area contributed by atoms with Crippen LogP contribution in [0.15, 0.2) is 103 Å². The summed E-state index contributed by atoms with van der Waals surface area (Å²) >= 11 is 0. The first-order valence-electron chi connectivity index (χ1n) is 17.3. The number of amides is 4. The van der Waals surface area contributed by atoms with Crippen LogP contribution < -0.4 is 9.47 Å². The Morgan fingerprint density at radius 3 is 1.33 bits per heavy atom. The van der Waals surface area contributed by atoms with E-state index in [9.17, 15) is 23.7 Å². The monoisotopic (exact) mass is 747 g/mol. The average molecular weight is 748 g/mol. The predicted molar refractivity (Wildman–Crippen MR) is 198 cm³/mol. The summed E-state index contributed by atoms with van der Waals surface area (Å²) in [5.74, 6) is -0.858. The van der Waals surface area contributed by atoms with Crippen LogP contribution in [0.5, 0.6) is 11.5 Å². The number of hydrogen-bond donors (Lipinski definition) is 1. The van der Waals surface area contributed by atoms with Crippen LogP contribution in [0.25, 0.3) is 10.8 Å². The Labute approximate surface area is 311 Å². The topological polar surface area (TPSA) is 149 Å². The minimum atomic E-state index is -2.80. The molecule has 13 heteroatoms. The van der Waals surface area contributed by atoms with E-state index in [2.05, 4.69) is 4.52 Å². The number of rotatable bonds is 15. The van der Waals surface area contributed by atoms with Crippen molar-refractivity contribution >= 4 is 42.7 Å². The molecule has 5 aromatic rings. The Morgan fingerprint density at radius 2 is 0.944 bits per heavy atom. The fourth-order valence-corrected chi connectivity index (χ4v) is 7.55. The molecule has 0 fully saturated rings. The molecule has 4 amide bonds. The molecule has 7 rings (SSSR count). The zero-order valence-electron chi connectivity index (χ0n) is 29.5. The summed E-state index contributed by atoms with van der Waals surface area (Å²) in [6, 6.07) is 31.1. The molecule has 2 aliphatic rings. The number of nitrogens with zero attached hydrogens (tertiary/aromatic N) is 2. The van der Waals surface area contributed by atoms with Crippen LogP contribution in [0.3, 0.4) is 0 Å². The minimum Gasteiger partial charge on any atom is -0.497 e. The Morgan fingerprint density at radius 1 is 0.556 bits per heavy atom. The van der Waals surface area contributed by atoms with E-state index in [0.717, 1.165) is 21.6 Å². The first-order chi connectivity index (χ1) is 26.2. The molecule has 0 radical (unpaired) electrons. The Hall–Kier alpha value is -5.78. The Balaban J connectivity index is 1.15. The van der Waals surface area contributed by atoms with Crippen molar-refractivity contribution in [3.05, 3.63) is 142 Å². The van der Waals surface area contributed by atoms with Gasteiger partial charge in [0.1, 0.15) is 23.7 Å². The molecule has 274 valence electrons. The van der Waals surface area contributed by atoms with Crippen LogP contribution in [-0.2, 0) is 19.4 Å². The number of hydrogen-bond acceptors (Lipinski definition) is 9. The highest BCUT2D eigenvalue weighted by Crippen LogP contribution is 2.42. The summed E-state index contributed by atoms with van der Waals surface area (Å²) in [6.07, 6.45) is 0.448. The predicted octanol–water partition coefficient (Wildman–Crippen LogP) is 6.50. The molecule has 0 aromatic heterocycles. The largest absolute Gasteiger partial charge is 0.694 e. The molecule has 2 heterocycles. The van der Waals surface area contributed by atoms with Crippen molar-refractivity contribution in [2.45, 2.75) is 18.4 Å². The zero-order chi connectivity index (χ0) is 38.0. The minimum absolute atomic E-state index is 0.0402. The maximum Gasteiger partial charge on any atom is 0.694 e. The lowest BCUT2D eigenvalue weighted by atomic mass is 9.80. The molecular weight excluding hydrogens is 711 g/mol. The van der Waals surface area contributed by atoms with Crippen LogP contribution in [0.1, 0.15) is 71.0 Å². The number of carbonyl (C=O) groups excluding carboxylic acids is 4. The molecular formula is C41H36N2O10P+. The van der Waals surface area contributed by atoms with Crippen LogP contribution >= 0.6 is 8.25 Å². The van der Waals surface area contributed by atoms with Crippen LogP contribution in [0.2, 0.25) is 0 Å². The number of methoxy groups -OCH3 is 2. The van der Waals surface area contributed by atoms with E-state index in [-0.39, 0.29) is 65.8 Å². The lowest BCUT2D eigenvalue weighted by Gasteiger charge is -2.36. The van der Waals surface area contributed by atoms with Crippen molar-refractivity contribution in [1.82, 2.24) is 9.80 Å². The second kappa shape index (κ2) is 15.3. The molecule has 5 aromatic carbocycles. The lowest BCUT2D eigenvalue weighted by Crippen LogP contribution is -2.44. The first kappa shape index (κ1) is 36.6. The highest BCUT2D eigenvalue weighted by molar-refractivity contribution is 7.32. The van der Waals surface area contributed by atoms with Gasteiger partial charge in [0.05, 0.1) is 20.8 Å². The van der Waals surface area contributed by atoms with Gasteiger partial charge in [-0.2, -0.15) is 0 Å². The maximum atomic E-state index is 14.0. The summed E-state index contributed by atoms with van der Waals surface area (Å²) in [7, 11) is 0.409.